The maximum atomic E-state index is 9.77. The molecule has 5 heteroatoms. The van der Waals surface area contributed by atoms with E-state index in [9.17, 15) is 10.2 Å². The average molecular weight is 293 g/mol. The van der Waals surface area contributed by atoms with Gasteiger partial charge in [0.2, 0.25) is 0 Å². The third kappa shape index (κ3) is 1.83. The Balaban J connectivity index is 1.90. The highest BCUT2D eigenvalue weighted by molar-refractivity contribution is 5.78. The van der Waals surface area contributed by atoms with E-state index in [1.54, 1.807) is 12.1 Å². The van der Waals surface area contributed by atoms with Gasteiger partial charge in [-0.05, 0) is 31.2 Å². The van der Waals surface area contributed by atoms with Crippen molar-refractivity contribution >= 4 is 5.69 Å². The molecular weight excluding hydrogens is 278 g/mol. The molecule has 4 rings (SSSR count). The summed E-state index contributed by atoms with van der Waals surface area (Å²) in [5.41, 5.74) is 4.91. The lowest BCUT2D eigenvalue weighted by Gasteiger charge is -2.29. The number of rotatable bonds is 1. The zero-order valence-electron chi connectivity index (χ0n) is 12.0. The maximum Gasteiger partial charge on any atom is 0.157 e. The monoisotopic (exact) mass is 293 g/mol. The van der Waals surface area contributed by atoms with Crippen LogP contribution in [-0.2, 0) is 0 Å². The number of hydrogen-bond acceptors (Lipinski definition) is 4. The number of nitrogens with one attached hydrogen (secondary N) is 1. The Morgan fingerprint density at radius 2 is 1.86 bits per heavy atom. The van der Waals surface area contributed by atoms with Crippen molar-refractivity contribution in [2.24, 2.45) is 0 Å². The van der Waals surface area contributed by atoms with E-state index < -0.39 is 0 Å². The summed E-state index contributed by atoms with van der Waals surface area (Å²) in [6.45, 7) is 1.96. The Labute approximate surface area is 127 Å². The number of aromatic hydroxyl groups is 2. The molecule has 3 N–H and O–H groups in total. The van der Waals surface area contributed by atoms with Crippen LogP contribution in [0.15, 0.2) is 48.5 Å². The number of phenolic OH excluding ortho intramolecular Hbond substituents is 2. The first kappa shape index (κ1) is 12.8. The molecule has 2 heterocycles. The van der Waals surface area contributed by atoms with Gasteiger partial charge in [-0.15, -0.1) is 0 Å². The number of nitrogens with zero attached hydrogens (tertiary/aromatic N) is 2. The fourth-order valence-corrected chi connectivity index (χ4v) is 2.89. The first-order valence-electron chi connectivity index (χ1n) is 7.07. The minimum atomic E-state index is -0.231. The van der Waals surface area contributed by atoms with Crippen molar-refractivity contribution in [3.63, 3.8) is 0 Å². The summed E-state index contributed by atoms with van der Waals surface area (Å²) >= 11 is 0. The summed E-state index contributed by atoms with van der Waals surface area (Å²) in [6, 6.07) is 14.9. The third-order valence-corrected chi connectivity index (χ3v) is 3.91. The number of aromatic nitrogens is 2. The second-order valence-corrected chi connectivity index (χ2v) is 5.46. The Morgan fingerprint density at radius 3 is 2.68 bits per heavy atom. The van der Waals surface area contributed by atoms with Gasteiger partial charge < -0.3 is 15.5 Å². The zero-order chi connectivity index (χ0) is 15.3. The molecule has 0 fully saturated rings. The molecule has 0 bridgehead atoms. The van der Waals surface area contributed by atoms with Crippen LogP contribution >= 0.6 is 0 Å². The molecule has 0 aliphatic carbocycles. The van der Waals surface area contributed by atoms with Crippen molar-refractivity contribution in [2.45, 2.75) is 13.1 Å². The Morgan fingerprint density at radius 1 is 1.05 bits per heavy atom. The molecule has 0 saturated carbocycles. The van der Waals surface area contributed by atoms with Gasteiger partial charge in [0.1, 0.15) is 6.17 Å². The molecule has 0 saturated heterocycles. The first-order valence-corrected chi connectivity index (χ1v) is 7.07. The van der Waals surface area contributed by atoms with Crippen molar-refractivity contribution in [2.75, 3.05) is 5.32 Å². The fourth-order valence-electron chi connectivity index (χ4n) is 2.89. The smallest absolute Gasteiger partial charge is 0.157 e. The molecule has 2 aromatic carbocycles. The number of anilines is 1. The normalized spacial score (nSPS) is 15.8. The highest BCUT2D eigenvalue weighted by atomic mass is 16.3. The summed E-state index contributed by atoms with van der Waals surface area (Å²) in [4.78, 5) is 0. The Bertz CT molecular complexity index is 870. The number of phenols is 2. The molecule has 1 unspecified atom stereocenters. The van der Waals surface area contributed by atoms with Crippen LogP contribution < -0.4 is 5.32 Å². The van der Waals surface area contributed by atoms with E-state index in [-0.39, 0.29) is 17.7 Å². The molecule has 1 aliphatic heterocycles. The van der Waals surface area contributed by atoms with Crippen molar-refractivity contribution in [1.29, 1.82) is 0 Å². The standard InChI is InChI=1S/C17H15N3O2/c1-10-8-14-12-4-2-3-5-13(12)18-17(20(14)19-10)11-6-7-15(21)16(22)9-11/h2-9,17-18,21-22H,1H3. The number of benzene rings is 2. The largest absolute Gasteiger partial charge is 0.504 e. The van der Waals surface area contributed by atoms with Crippen LogP contribution in [-0.4, -0.2) is 20.0 Å². The summed E-state index contributed by atoms with van der Waals surface area (Å²) in [5, 5.41) is 27.3. The minimum absolute atomic E-state index is 0.128. The predicted octanol–water partition coefficient (Wildman–Crippen LogP) is 3.24. The Hall–Kier alpha value is -2.95. The van der Waals surface area contributed by atoms with Gasteiger partial charge in [0.25, 0.3) is 0 Å². The molecule has 110 valence electrons. The lowest BCUT2D eigenvalue weighted by molar-refractivity contribution is 0.402. The fraction of sp³-hybridized carbons (Fsp3) is 0.118. The minimum Gasteiger partial charge on any atom is -0.504 e. The SMILES string of the molecule is Cc1cc2n(n1)C(c1ccc(O)c(O)c1)Nc1ccccc1-2. The van der Waals surface area contributed by atoms with E-state index in [1.807, 2.05) is 35.9 Å². The molecule has 0 amide bonds. The predicted molar refractivity (Wildman–Crippen MR) is 83.9 cm³/mol. The number of para-hydroxylation sites is 1. The van der Waals surface area contributed by atoms with Gasteiger partial charge in [0.15, 0.2) is 11.5 Å². The summed E-state index contributed by atoms with van der Waals surface area (Å²) in [7, 11) is 0. The van der Waals surface area contributed by atoms with Gasteiger partial charge >= 0.3 is 0 Å². The van der Waals surface area contributed by atoms with Gasteiger partial charge in [-0.1, -0.05) is 24.3 Å². The number of hydrogen-bond donors (Lipinski definition) is 3. The van der Waals surface area contributed by atoms with Crippen molar-refractivity contribution < 1.29 is 10.2 Å². The van der Waals surface area contributed by atoms with Crippen molar-refractivity contribution in [3.8, 4) is 22.8 Å². The van der Waals surface area contributed by atoms with Crippen molar-refractivity contribution in [1.82, 2.24) is 9.78 Å². The molecule has 0 spiro atoms. The quantitative estimate of drug-likeness (QED) is 0.602. The molecule has 1 aromatic heterocycles. The lowest BCUT2D eigenvalue weighted by Crippen LogP contribution is -2.25. The van der Waals surface area contributed by atoms with Crippen molar-refractivity contribution in [3.05, 3.63) is 59.8 Å². The van der Waals surface area contributed by atoms with E-state index in [2.05, 4.69) is 16.5 Å². The van der Waals surface area contributed by atoms with Crippen LogP contribution in [0.25, 0.3) is 11.3 Å². The lowest BCUT2D eigenvalue weighted by atomic mass is 10.0. The van der Waals surface area contributed by atoms with Crippen LogP contribution in [0.2, 0.25) is 0 Å². The van der Waals surface area contributed by atoms with Gasteiger partial charge in [-0.25, -0.2) is 4.68 Å². The van der Waals surface area contributed by atoms with E-state index >= 15 is 0 Å². The maximum absolute atomic E-state index is 9.77. The molecule has 3 aromatic rings. The summed E-state index contributed by atoms with van der Waals surface area (Å²) in [5.74, 6) is -0.264. The molecule has 1 atom stereocenters. The Kier molecular flexibility index (Phi) is 2.63. The summed E-state index contributed by atoms with van der Waals surface area (Å²) < 4.78 is 1.91. The molecule has 5 nitrogen and oxygen atoms in total. The van der Waals surface area contributed by atoms with E-state index in [4.69, 9.17) is 0 Å². The third-order valence-electron chi connectivity index (χ3n) is 3.91. The van der Waals surface area contributed by atoms with Gasteiger partial charge in [-0.3, -0.25) is 0 Å². The van der Waals surface area contributed by atoms with Crippen LogP contribution in [0.4, 0.5) is 5.69 Å². The van der Waals surface area contributed by atoms with Gasteiger partial charge in [-0.2, -0.15) is 5.10 Å². The van der Waals surface area contributed by atoms with E-state index in [1.165, 1.54) is 6.07 Å². The van der Waals surface area contributed by atoms with Crippen LogP contribution in [0, 0.1) is 6.92 Å². The second kappa shape index (κ2) is 4.53. The van der Waals surface area contributed by atoms with Gasteiger partial charge in [0.05, 0.1) is 11.4 Å². The summed E-state index contributed by atoms with van der Waals surface area (Å²) in [6.07, 6.45) is -0.231. The second-order valence-electron chi connectivity index (χ2n) is 5.46. The molecule has 22 heavy (non-hydrogen) atoms. The van der Waals surface area contributed by atoms with Crippen LogP contribution in [0.1, 0.15) is 17.4 Å². The highest BCUT2D eigenvalue weighted by Crippen LogP contribution is 2.39. The van der Waals surface area contributed by atoms with Crippen LogP contribution in [0.3, 0.4) is 0 Å². The number of fused-ring (bicyclic) bond motifs is 3. The van der Waals surface area contributed by atoms with Gasteiger partial charge in [0, 0.05) is 16.8 Å². The highest BCUT2D eigenvalue weighted by Gasteiger charge is 2.26. The van der Waals surface area contributed by atoms with Crippen LogP contribution in [0.5, 0.6) is 11.5 Å². The average Bonchev–Trinajstić information content (AvgIpc) is 2.91. The topological polar surface area (TPSA) is 70.3 Å². The molecule has 1 aliphatic rings. The molecule has 0 radical (unpaired) electrons. The zero-order valence-corrected chi connectivity index (χ0v) is 12.0. The number of aryl methyl sites for hydroxylation is 1. The van der Waals surface area contributed by atoms with E-state index in [0.717, 1.165) is 28.2 Å². The first-order chi connectivity index (χ1) is 10.6. The molecular formula is C17H15N3O2. The van der Waals surface area contributed by atoms with E-state index in [0.29, 0.717) is 0 Å².